The van der Waals surface area contributed by atoms with Gasteiger partial charge in [-0.05, 0) is 44.0 Å². The number of anilines is 1. The predicted molar refractivity (Wildman–Crippen MR) is 111 cm³/mol. The Balaban J connectivity index is 1.71. The lowest BCUT2D eigenvalue weighted by Crippen LogP contribution is -2.34. The molecule has 0 radical (unpaired) electrons. The zero-order valence-electron chi connectivity index (χ0n) is 16.0. The zero-order valence-corrected chi connectivity index (χ0v) is 16.7. The predicted octanol–water partition coefficient (Wildman–Crippen LogP) is 4.76. The van der Waals surface area contributed by atoms with Gasteiger partial charge in [0.1, 0.15) is 5.75 Å². The van der Waals surface area contributed by atoms with Crippen LogP contribution in [0.25, 0.3) is 0 Å². The van der Waals surface area contributed by atoms with E-state index in [9.17, 15) is 9.59 Å². The number of hydrogen-bond donors (Lipinski definition) is 1. The van der Waals surface area contributed by atoms with Crippen LogP contribution in [0.1, 0.15) is 43.0 Å². The molecule has 6 heteroatoms. The van der Waals surface area contributed by atoms with Crippen LogP contribution < -0.4 is 10.1 Å². The van der Waals surface area contributed by atoms with Crippen LogP contribution >= 0.6 is 11.6 Å². The van der Waals surface area contributed by atoms with Crippen molar-refractivity contribution < 1.29 is 14.3 Å². The second kappa shape index (κ2) is 9.60. The van der Waals surface area contributed by atoms with Crippen molar-refractivity contribution in [3.63, 3.8) is 0 Å². The smallest absolute Gasteiger partial charge is 0.265 e. The first kappa shape index (κ1) is 20.2. The Bertz CT molecular complexity index is 832. The summed E-state index contributed by atoms with van der Waals surface area (Å²) in [7, 11) is 0. The molecule has 1 saturated heterocycles. The number of halogens is 1. The highest BCUT2D eigenvalue weighted by Gasteiger charge is 2.22. The van der Waals surface area contributed by atoms with E-state index in [1.54, 1.807) is 49.4 Å². The molecule has 1 aliphatic heterocycles. The number of benzene rings is 2. The normalized spacial score (nSPS) is 15.4. The standard InChI is InChI=1S/C22H25ClN2O3/c1-16(28-20-13-7-5-11-18(20)23)21(26)24-19-12-6-4-10-17(19)22(27)25-14-8-2-3-9-15-25/h4-7,10-13,16H,2-3,8-9,14-15H2,1H3,(H,24,26)/t16-/m0/s1. The van der Waals surface area contributed by atoms with Gasteiger partial charge in [0.15, 0.2) is 6.10 Å². The highest BCUT2D eigenvalue weighted by molar-refractivity contribution is 6.32. The largest absolute Gasteiger partial charge is 0.479 e. The van der Waals surface area contributed by atoms with E-state index in [1.807, 2.05) is 11.0 Å². The van der Waals surface area contributed by atoms with Crippen molar-refractivity contribution in [3.05, 3.63) is 59.1 Å². The quantitative estimate of drug-likeness (QED) is 0.786. The summed E-state index contributed by atoms with van der Waals surface area (Å²) < 4.78 is 5.67. The van der Waals surface area contributed by atoms with Gasteiger partial charge < -0.3 is 15.0 Å². The van der Waals surface area contributed by atoms with Gasteiger partial charge in [0, 0.05) is 13.1 Å². The van der Waals surface area contributed by atoms with Crippen LogP contribution in [-0.4, -0.2) is 35.9 Å². The molecular formula is C22H25ClN2O3. The minimum absolute atomic E-state index is 0.0440. The molecule has 2 amide bonds. The third kappa shape index (κ3) is 5.04. The van der Waals surface area contributed by atoms with Crippen LogP contribution in [0.3, 0.4) is 0 Å². The zero-order chi connectivity index (χ0) is 19.9. The minimum Gasteiger partial charge on any atom is -0.479 e. The Kier molecular flexibility index (Phi) is 6.93. The van der Waals surface area contributed by atoms with Crippen molar-refractivity contribution in [1.29, 1.82) is 0 Å². The number of ether oxygens (including phenoxy) is 1. The summed E-state index contributed by atoms with van der Waals surface area (Å²) in [5, 5.41) is 3.27. The molecule has 3 rings (SSSR count). The first-order valence-electron chi connectivity index (χ1n) is 9.66. The van der Waals surface area contributed by atoms with E-state index in [4.69, 9.17) is 16.3 Å². The van der Waals surface area contributed by atoms with Crippen molar-refractivity contribution in [2.24, 2.45) is 0 Å². The highest BCUT2D eigenvalue weighted by Crippen LogP contribution is 2.25. The van der Waals surface area contributed by atoms with Crippen molar-refractivity contribution in [3.8, 4) is 5.75 Å². The Hall–Kier alpha value is -2.53. The first-order valence-corrected chi connectivity index (χ1v) is 10.0. The van der Waals surface area contributed by atoms with Crippen LogP contribution in [0.15, 0.2) is 48.5 Å². The van der Waals surface area contributed by atoms with E-state index >= 15 is 0 Å². The van der Waals surface area contributed by atoms with Gasteiger partial charge in [-0.15, -0.1) is 0 Å². The molecule has 0 unspecified atom stereocenters. The average Bonchev–Trinajstić information content (AvgIpc) is 2.99. The van der Waals surface area contributed by atoms with Crippen molar-refractivity contribution in [1.82, 2.24) is 4.90 Å². The third-order valence-corrected chi connectivity index (χ3v) is 5.13. The van der Waals surface area contributed by atoms with E-state index in [-0.39, 0.29) is 11.8 Å². The van der Waals surface area contributed by atoms with E-state index in [0.717, 1.165) is 38.8 Å². The molecule has 1 aliphatic rings. The summed E-state index contributed by atoms with van der Waals surface area (Å²) in [5.74, 6) is 0.0641. The first-order chi connectivity index (χ1) is 13.6. The maximum Gasteiger partial charge on any atom is 0.265 e. The highest BCUT2D eigenvalue weighted by atomic mass is 35.5. The molecule has 0 aromatic heterocycles. The van der Waals surface area contributed by atoms with Gasteiger partial charge in [0.2, 0.25) is 0 Å². The number of hydrogen-bond acceptors (Lipinski definition) is 3. The van der Waals surface area contributed by atoms with Gasteiger partial charge in [-0.1, -0.05) is 48.7 Å². The molecule has 1 fully saturated rings. The summed E-state index contributed by atoms with van der Waals surface area (Å²) in [6.07, 6.45) is 3.57. The van der Waals surface area contributed by atoms with Crippen LogP contribution in [-0.2, 0) is 4.79 Å². The maximum atomic E-state index is 13.0. The van der Waals surface area contributed by atoms with Gasteiger partial charge in [0.05, 0.1) is 16.3 Å². The molecule has 148 valence electrons. The number of carbonyl (C=O) groups excluding carboxylic acids is 2. The lowest BCUT2D eigenvalue weighted by molar-refractivity contribution is -0.122. The van der Waals surface area contributed by atoms with Crippen LogP contribution in [0, 0.1) is 0 Å². The van der Waals surface area contributed by atoms with E-state index in [1.165, 1.54) is 0 Å². The average molecular weight is 401 g/mol. The fraction of sp³-hybridized carbons (Fsp3) is 0.364. The molecule has 2 aromatic rings. The van der Waals surface area contributed by atoms with Gasteiger partial charge in [-0.25, -0.2) is 0 Å². The van der Waals surface area contributed by atoms with E-state index in [0.29, 0.717) is 22.0 Å². The maximum absolute atomic E-state index is 13.0. The molecule has 1 atom stereocenters. The van der Waals surface area contributed by atoms with E-state index < -0.39 is 6.10 Å². The minimum atomic E-state index is -0.763. The van der Waals surface area contributed by atoms with Crippen molar-refractivity contribution in [2.45, 2.75) is 38.7 Å². The molecule has 1 heterocycles. The molecular weight excluding hydrogens is 376 g/mol. The van der Waals surface area contributed by atoms with Gasteiger partial charge >= 0.3 is 0 Å². The second-order valence-corrected chi connectivity index (χ2v) is 7.34. The molecule has 0 saturated carbocycles. The van der Waals surface area contributed by atoms with Gasteiger partial charge in [-0.3, -0.25) is 9.59 Å². The molecule has 5 nitrogen and oxygen atoms in total. The van der Waals surface area contributed by atoms with Gasteiger partial charge in [0.25, 0.3) is 11.8 Å². The fourth-order valence-corrected chi connectivity index (χ4v) is 3.42. The number of amides is 2. The summed E-state index contributed by atoms with van der Waals surface area (Å²) in [6, 6.07) is 14.1. The van der Waals surface area contributed by atoms with Crippen LogP contribution in [0.5, 0.6) is 5.75 Å². The van der Waals surface area contributed by atoms with Crippen LogP contribution in [0.4, 0.5) is 5.69 Å². The van der Waals surface area contributed by atoms with Gasteiger partial charge in [-0.2, -0.15) is 0 Å². The summed E-state index contributed by atoms with van der Waals surface area (Å²) in [5.41, 5.74) is 0.999. The number of nitrogens with zero attached hydrogens (tertiary/aromatic N) is 1. The summed E-state index contributed by atoms with van der Waals surface area (Å²) in [4.78, 5) is 27.5. The second-order valence-electron chi connectivity index (χ2n) is 6.93. The SMILES string of the molecule is C[C@H](Oc1ccccc1Cl)C(=O)Nc1ccccc1C(=O)N1CCCCCC1. The van der Waals surface area contributed by atoms with E-state index in [2.05, 4.69) is 5.32 Å². The number of likely N-dealkylation sites (tertiary alicyclic amines) is 1. The number of carbonyl (C=O) groups is 2. The Morgan fingerprint density at radius 3 is 2.36 bits per heavy atom. The number of para-hydroxylation sites is 2. The number of nitrogens with one attached hydrogen (secondary N) is 1. The molecule has 0 bridgehead atoms. The third-order valence-electron chi connectivity index (χ3n) is 4.82. The molecule has 2 aromatic carbocycles. The van der Waals surface area contributed by atoms with Crippen molar-refractivity contribution >= 4 is 29.1 Å². The summed E-state index contributed by atoms with van der Waals surface area (Å²) in [6.45, 7) is 3.16. The fourth-order valence-electron chi connectivity index (χ4n) is 3.24. The number of rotatable bonds is 5. The lowest BCUT2D eigenvalue weighted by atomic mass is 10.1. The Morgan fingerprint density at radius 1 is 1.00 bits per heavy atom. The summed E-state index contributed by atoms with van der Waals surface area (Å²) >= 11 is 6.09. The molecule has 1 N–H and O–H groups in total. The topological polar surface area (TPSA) is 58.6 Å². The Labute approximate surface area is 170 Å². The monoisotopic (exact) mass is 400 g/mol. The van der Waals surface area contributed by atoms with Crippen molar-refractivity contribution in [2.75, 3.05) is 18.4 Å². The molecule has 0 aliphatic carbocycles. The Morgan fingerprint density at radius 2 is 1.64 bits per heavy atom. The molecule has 0 spiro atoms. The van der Waals surface area contributed by atoms with Crippen LogP contribution in [0.2, 0.25) is 5.02 Å². The molecule has 28 heavy (non-hydrogen) atoms. The lowest BCUT2D eigenvalue weighted by Gasteiger charge is -2.22.